The summed E-state index contributed by atoms with van der Waals surface area (Å²) in [7, 11) is 0. The van der Waals surface area contributed by atoms with E-state index < -0.39 is 23.9 Å². The number of aliphatic hydroxyl groups is 1. The van der Waals surface area contributed by atoms with Crippen LogP contribution in [0.3, 0.4) is 0 Å². The molecule has 126 valence electrons. The van der Waals surface area contributed by atoms with E-state index in [4.69, 9.17) is 9.47 Å². The van der Waals surface area contributed by atoms with Crippen LogP contribution in [0, 0.1) is 0 Å². The topological polar surface area (TPSA) is 79.3 Å². The van der Waals surface area contributed by atoms with Gasteiger partial charge in [-0.05, 0) is 26.3 Å². The molecular formula is C16H22N2O5. The number of hydrogen-bond acceptors (Lipinski definition) is 5. The minimum absolute atomic E-state index is 0.00461. The molecule has 1 fully saturated rings. The number of β-amino-alcohol motifs (C(OH)–C–C–N with tert-alkyl or cyclic N) is 1. The van der Waals surface area contributed by atoms with Gasteiger partial charge in [-0.2, -0.15) is 0 Å². The Morgan fingerprint density at radius 2 is 1.70 bits per heavy atom. The molecule has 0 aliphatic carbocycles. The van der Waals surface area contributed by atoms with Crippen LogP contribution in [0.5, 0.6) is 0 Å². The molecule has 1 N–H and O–H groups in total. The van der Waals surface area contributed by atoms with Gasteiger partial charge in [0.05, 0.1) is 19.2 Å². The molecule has 0 radical (unpaired) electrons. The maximum absolute atomic E-state index is 12.2. The molecule has 0 bridgehead atoms. The van der Waals surface area contributed by atoms with Crippen molar-refractivity contribution in [3.63, 3.8) is 0 Å². The van der Waals surface area contributed by atoms with Crippen LogP contribution in [0.15, 0.2) is 30.3 Å². The molecule has 2 rings (SSSR count). The third-order valence-electron chi connectivity index (χ3n) is 3.08. The lowest BCUT2D eigenvalue weighted by Crippen LogP contribution is -2.47. The molecule has 0 unspecified atom stereocenters. The fourth-order valence-corrected chi connectivity index (χ4v) is 2.11. The summed E-state index contributed by atoms with van der Waals surface area (Å²) in [5.74, 6) is 0. The molecule has 1 aromatic rings. The number of aliphatic hydroxyl groups excluding tert-OH is 1. The Morgan fingerprint density at radius 3 is 2.26 bits per heavy atom. The number of amides is 2. The molecule has 1 aromatic carbocycles. The number of rotatable bonds is 2. The third kappa shape index (κ3) is 4.85. The van der Waals surface area contributed by atoms with Gasteiger partial charge in [0, 0.05) is 0 Å². The monoisotopic (exact) mass is 322 g/mol. The average molecular weight is 322 g/mol. The Morgan fingerprint density at radius 1 is 1.13 bits per heavy atom. The van der Waals surface area contributed by atoms with Crippen LogP contribution in [0.4, 0.5) is 9.59 Å². The van der Waals surface area contributed by atoms with Crippen LogP contribution >= 0.6 is 0 Å². The Hall–Kier alpha value is -2.28. The Balaban J connectivity index is 1.98. The van der Waals surface area contributed by atoms with E-state index in [-0.39, 0.29) is 19.7 Å². The van der Waals surface area contributed by atoms with Crippen LogP contribution in [0.25, 0.3) is 0 Å². The number of ether oxygens (including phenoxy) is 2. The highest BCUT2D eigenvalue weighted by Gasteiger charge is 2.39. The zero-order valence-electron chi connectivity index (χ0n) is 13.6. The summed E-state index contributed by atoms with van der Waals surface area (Å²) in [6.45, 7) is 5.27. The van der Waals surface area contributed by atoms with Crippen LogP contribution in [0.2, 0.25) is 0 Å². The molecule has 1 atom stereocenters. The predicted octanol–water partition coefficient (Wildman–Crippen LogP) is 2.15. The van der Waals surface area contributed by atoms with Crippen LogP contribution in [-0.4, -0.2) is 52.1 Å². The molecule has 1 heterocycles. The summed E-state index contributed by atoms with van der Waals surface area (Å²) in [5, 5.41) is 11.9. The maximum atomic E-state index is 12.2. The van der Waals surface area contributed by atoms with Crippen molar-refractivity contribution in [1.29, 1.82) is 0 Å². The average Bonchev–Trinajstić information content (AvgIpc) is 2.86. The molecule has 1 aliphatic rings. The van der Waals surface area contributed by atoms with Crippen LogP contribution < -0.4 is 0 Å². The second-order valence-corrected chi connectivity index (χ2v) is 6.34. The van der Waals surface area contributed by atoms with Gasteiger partial charge in [0.15, 0.2) is 0 Å². The van der Waals surface area contributed by atoms with Crippen molar-refractivity contribution in [2.75, 3.05) is 13.1 Å². The van der Waals surface area contributed by atoms with Crippen molar-refractivity contribution < 1.29 is 24.2 Å². The molecule has 23 heavy (non-hydrogen) atoms. The summed E-state index contributed by atoms with van der Waals surface area (Å²) < 4.78 is 10.4. The van der Waals surface area contributed by atoms with Gasteiger partial charge in [-0.25, -0.2) is 19.6 Å². The summed E-state index contributed by atoms with van der Waals surface area (Å²) in [6, 6.07) is 9.22. The second kappa shape index (κ2) is 6.87. The minimum atomic E-state index is -0.827. The van der Waals surface area contributed by atoms with E-state index in [0.29, 0.717) is 0 Å². The fourth-order valence-electron chi connectivity index (χ4n) is 2.11. The van der Waals surface area contributed by atoms with Gasteiger partial charge in [0.2, 0.25) is 0 Å². The predicted molar refractivity (Wildman–Crippen MR) is 82.3 cm³/mol. The maximum Gasteiger partial charge on any atom is 0.429 e. The molecule has 2 amide bonds. The molecule has 0 aromatic heterocycles. The van der Waals surface area contributed by atoms with Crippen molar-refractivity contribution in [2.45, 2.75) is 39.1 Å². The largest absolute Gasteiger partial charge is 0.443 e. The van der Waals surface area contributed by atoms with E-state index >= 15 is 0 Å². The van der Waals surface area contributed by atoms with Crippen molar-refractivity contribution in [2.24, 2.45) is 0 Å². The van der Waals surface area contributed by atoms with Gasteiger partial charge in [-0.3, -0.25) is 0 Å². The van der Waals surface area contributed by atoms with E-state index in [1.165, 1.54) is 0 Å². The van der Waals surface area contributed by atoms with Crippen LogP contribution in [-0.2, 0) is 16.1 Å². The van der Waals surface area contributed by atoms with Gasteiger partial charge in [0.25, 0.3) is 0 Å². The third-order valence-corrected chi connectivity index (χ3v) is 3.08. The number of carbonyl (C=O) groups excluding carboxylic acids is 2. The second-order valence-electron chi connectivity index (χ2n) is 6.34. The fraction of sp³-hybridized carbons (Fsp3) is 0.500. The lowest BCUT2D eigenvalue weighted by atomic mass is 10.2. The summed E-state index contributed by atoms with van der Waals surface area (Å²) >= 11 is 0. The lowest BCUT2D eigenvalue weighted by Gasteiger charge is -2.29. The van der Waals surface area contributed by atoms with E-state index in [9.17, 15) is 14.7 Å². The first-order chi connectivity index (χ1) is 10.8. The standard InChI is InChI=1S/C16H22N2O5/c1-16(2,3)23-15(21)18-10-13(19)9-17(18)14(20)22-11-12-7-5-4-6-8-12/h4-8,13,19H,9-11H2,1-3H3/t13-/m0/s1. The zero-order valence-corrected chi connectivity index (χ0v) is 13.6. The number of hydrogen-bond donors (Lipinski definition) is 1. The SMILES string of the molecule is CC(C)(C)OC(=O)N1C[C@@H](O)CN1C(=O)OCc1ccccc1. The number of benzene rings is 1. The molecule has 1 saturated heterocycles. The highest BCUT2D eigenvalue weighted by Crippen LogP contribution is 2.18. The minimum Gasteiger partial charge on any atom is -0.443 e. The Kier molecular flexibility index (Phi) is 5.10. The van der Waals surface area contributed by atoms with Gasteiger partial charge < -0.3 is 14.6 Å². The van der Waals surface area contributed by atoms with Gasteiger partial charge in [0.1, 0.15) is 12.2 Å². The lowest BCUT2D eigenvalue weighted by molar-refractivity contribution is -0.0266. The summed E-state index contributed by atoms with van der Waals surface area (Å²) in [4.78, 5) is 24.3. The summed E-state index contributed by atoms with van der Waals surface area (Å²) in [5.41, 5.74) is 0.147. The Bertz CT molecular complexity index is 555. The normalized spacial score (nSPS) is 18.0. The van der Waals surface area contributed by atoms with E-state index in [1.54, 1.807) is 20.8 Å². The Labute approximate surface area is 135 Å². The molecule has 7 heteroatoms. The van der Waals surface area contributed by atoms with Gasteiger partial charge >= 0.3 is 12.2 Å². The van der Waals surface area contributed by atoms with Crippen molar-refractivity contribution in [1.82, 2.24) is 10.0 Å². The highest BCUT2D eigenvalue weighted by molar-refractivity contribution is 5.75. The molecule has 1 aliphatic heterocycles. The number of carbonyl (C=O) groups is 2. The number of nitrogens with zero attached hydrogens (tertiary/aromatic N) is 2. The number of hydrazine groups is 1. The first-order valence-corrected chi connectivity index (χ1v) is 7.43. The van der Waals surface area contributed by atoms with Crippen molar-refractivity contribution in [3.8, 4) is 0 Å². The van der Waals surface area contributed by atoms with Crippen molar-refractivity contribution in [3.05, 3.63) is 35.9 Å². The highest BCUT2D eigenvalue weighted by atomic mass is 16.6. The van der Waals surface area contributed by atoms with E-state index in [2.05, 4.69) is 0 Å². The molecule has 7 nitrogen and oxygen atoms in total. The first kappa shape index (κ1) is 17.1. The smallest absolute Gasteiger partial charge is 0.429 e. The van der Waals surface area contributed by atoms with Crippen molar-refractivity contribution >= 4 is 12.2 Å². The van der Waals surface area contributed by atoms with Crippen LogP contribution in [0.1, 0.15) is 26.3 Å². The van der Waals surface area contributed by atoms with E-state index in [0.717, 1.165) is 15.6 Å². The molecular weight excluding hydrogens is 300 g/mol. The van der Waals surface area contributed by atoms with Gasteiger partial charge in [-0.1, -0.05) is 30.3 Å². The van der Waals surface area contributed by atoms with Gasteiger partial charge in [-0.15, -0.1) is 0 Å². The molecule has 0 spiro atoms. The van der Waals surface area contributed by atoms with E-state index in [1.807, 2.05) is 30.3 Å². The molecule has 0 saturated carbocycles. The summed E-state index contributed by atoms with van der Waals surface area (Å²) in [6.07, 6.45) is -2.21. The quantitative estimate of drug-likeness (QED) is 0.902. The zero-order chi connectivity index (χ0) is 17.0. The first-order valence-electron chi connectivity index (χ1n) is 7.43.